The van der Waals surface area contributed by atoms with Crippen molar-refractivity contribution in [1.82, 2.24) is 9.47 Å². The summed E-state index contributed by atoms with van der Waals surface area (Å²) in [5.74, 6) is 2.40. The van der Waals surface area contributed by atoms with Crippen molar-refractivity contribution in [1.29, 1.82) is 0 Å². The predicted octanol–water partition coefficient (Wildman–Crippen LogP) is 4.84. The Hall–Kier alpha value is -3.48. The largest absolute Gasteiger partial charge is 0.497 e. The fraction of sp³-hybridized carbons (Fsp3) is 0.310. The third kappa shape index (κ3) is 3.74. The number of nitrogens with zero attached hydrogens (tertiary/aromatic N) is 2. The maximum absolute atomic E-state index is 10.2. The van der Waals surface area contributed by atoms with Gasteiger partial charge < -0.3 is 23.9 Å². The number of hydrogen-bond acceptors (Lipinski definition) is 5. The molecular formula is C29H30N2O4. The minimum absolute atomic E-state index is 0.0246. The van der Waals surface area contributed by atoms with E-state index in [1.54, 1.807) is 14.2 Å². The third-order valence-electron chi connectivity index (χ3n) is 7.52. The predicted molar refractivity (Wildman–Crippen MR) is 135 cm³/mol. The number of rotatable bonds is 6. The lowest BCUT2D eigenvalue weighted by Gasteiger charge is -2.41. The zero-order valence-electron chi connectivity index (χ0n) is 20.2. The van der Waals surface area contributed by atoms with Gasteiger partial charge in [0.2, 0.25) is 0 Å². The van der Waals surface area contributed by atoms with Gasteiger partial charge in [0.15, 0.2) is 11.5 Å². The Labute approximate surface area is 205 Å². The van der Waals surface area contributed by atoms with Crippen LogP contribution in [0, 0.1) is 0 Å². The lowest BCUT2D eigenvalue weighted by Crippen LogP contribution is -2.39. The number of methoxy groups -OCH3 is 2. The molecule has 0 saturated heterocycles. The fourth-order valence-electron chi connectivity index (χ4n) is 5.74. The topological polar surface area (TPSA) is 56.1 Å². The van der Waals surface area contributed by atoms with Gasteiger partial charge in [-0.15, -0.1) is 0 Å². The van der Waals surface area contributed by atoms with Crippen molar-refractivity contribution in [3.8, 4) is 17.2 Å². The second-order valence-electron chi connectivity index (χ2n) is 9.29. The Morgan fingerprint density at radius 3 is 2.60 bits per heavy atom. The van der Waals surface area contributed by atoms with Gasteiger partial charge in [-0.1, -0.05) is 30.3 Å². The third-order valence-corrected chi connectivity index (χ3v) is 7.52. The summed E-state index contributed by atoms with van der Waals surface area (Å²) >= 11 is 0. The van der Waals surface area contributed by atoms with Gasteiger partial charge in [0, 0.05) is 30.2 Å². The van der Waals surface area contributed by atoms with Crippen LogP contribution < -0.4 is 14.2 Å². The van der Waals surface area contributed by atoms with Crippen LogP contribution in [0.5, 0.6) is 17.2 Å². The van der Waals surface area contributed by atoms with Crippen molar-refractivity contribution in [2.45, 2.75) is 38.8 Å². The number of benzene rings is 3. The Morgan fingerprint density at radius 2 is 1.83 bits per heavy atom. The summed E-state index contributed by atoms with van der Waals surface area (Å²) in [5.41, 5.74) is 7.31. The monoisotopic (exact) mass is 470 g/mol. The molecule has 0 spiro atoms. The minimum Gasteiger partial charge on any atom is -0.497 e. The zero-order valence-corrected chi connectivity index (χ0v) is 20.2. The number of aliphatic hydroxyl groups excluding tert-OH is 1. The number of hydrogen-bond donors (Lipinski definition) is 1. The first-order valence-corrected chi connectivity index (χ1v) is 12.1. The van der Waals surface area contributed by atoms with Crippen LogP contribution in [0.1, 0.15) is 34.0 Å². The number of ether oxygens (including phenoxy) is 3. The number of fused-ring (bicyclic) bond motifs is 6. The molecule has 0 fully saturated rings. The molecule has 0 amide bonds. The molecule has 180 valence electrons. The van der Waals surface area contributed by atoms with Crippen LogP contribution in [0.15, 0.2) is 60.7 Å². The zero-order chi connectivity index (χ0) is 23.9. The van der Waals surface area contributed by atoms with Gasteiger partial charge in [0.25, 0.3) is 0 Å². The van der Waals surface area contributed by atoms with Gasteiger partial charge in [-0.05, 0) is 65.4 Å². The van der Waals surface area contributed by atoms with E-state index in [1.165, 1.54) is 22.4 Å². The standard InChI is InChI=1S/C29H30N2O4/c1-33-21-8-9-25-23(13-21)24-14-26-22-15-28(34-2)29(35-17-19-6-4-3-5-7-19)12-20(22)10-11-30(26)16-27(24)31(25)18-32/h3-9,12-13,15,26,32H,10-11,14,16-18H2,1-2H3/t26-/m1/s1. The second-order valence-corrected chi connectivity index (χ2v) is 9.29. The van der Waals surface area contributed by atoms with E-state index >= 15 is 0 Å². The van der Waals surface area contributed by atoms with Gasteiger partial charge in [-0.2, -0.15) is 0 Å². The van der Waals surface area contributed by atoms with Crippen molar-refractivity contribution < 1.29 is 19.3 Å². The minimum atomic E-state index is -0.0246. The molecule has 3 heterocycles. The summed E-state index contributed by atoms with van der Waals surface area (Å²) < 4.78 is 19.5. The fourth-order valence-corrected chi connectivity index (χ4v) is 5.74. The summed E-state index contributed by atoms with van der Waals surface area (Å²) in [6.07, 6.45) is 1.84. The first-order valence-electron chi connectivity index (χ1n) is 12.1. The average molecular weight is 471 g/mol. The highest BCUT2D eigenvalue weighted by Gasteiger charge is 2.36. The normalized spacial score (nSPS) is 16.9. The van der Waals surface area contributed by atoms with E-state index in [9.17, 15) is 5.11 Å². The highest BCUT2D eigenvalue weighted by atomic mass is 16.5. The molecule has 0 unspecified atom stereocenters. The summed E-state index contributed by atoms with van der Waals surface area (Å²) in [7, 11) is 3.40. The van der Waals surface area contributed by atoms with E-state index in [0.717, 1.165) is 59.6 Å². The van der Waals surface area contributed by atoms with E-state index in [4.69, 9.17) is 14.2 Å². The lowest BCUT2D eigenvalue weighted by molar-refractivity contribution is 0.145. The highest BCUT2D eigenvalue weighted by molar-refractivity contribution is 5.87. The molecular weight excluding hydrogens is 440 g/mol. The summed E-state index contributed by atoms with van der Waals surface area (Å²) in [4.78, 5) is 2.52. The van der Waals surface area contributed by atoms with Crippen molar-refractivity contribution in [3.63, 3.8) is 0 Å². The van der Waals surface area contributed by atoms with Gasteiger partial charge in [0.1, 0.15) is 19.1 Å². The van der Waals surface area contributed by atoms with Gasteiger partial charge in [-0.25, -0.2) is 0 Å². The molecule has 6 heteroatoms. The van der Waals surface area contributed by atoms with E-state index in [0.29, 0.717) is 6.61 Å². The van der Waals surface area contributed by atoms with Crippen LogP contribution >= 0.6 is 0 Å². The Bertz CT molecular complexity index is 1380. The van der Waals surface area contributed by atoms with Gasteiger partial charge in [0.05, 0.1) is 19.7 Å². The molecule has 3 aromatic carbocycles. The highest BCUT2D eigenvalue weighted by Crippen LogP contribution is 2.45. The van der Waals surface area contributed by atoms with E-state index < -0.39 is 0 Å². The molecule has 0 bridgehead atoms. The Morgan fingerprint density at radius 1 is 0.971 bits per heavy atom. The summed E-state index contributed by atoms with van der Waals surface area (Å²) in [5, 5.41) is 11.3. The molecule has 0 saturated carbocycles. The molecule has 6 nitrogen and oxygen atoms in total. The molecule has 0 aliphatic carbocycles. The van der Waals surface area contributed by atoms with Crippen molar-refractivity contribution in [2.24, 2.45) is 0 Å². The lowest BCUT2D eigenvalue weighted by atomic mass is 9.85. The molecule has 6 rings (SSSR count). The maximum atomic E-state index is 10.2. The molecule has 35 heavy (non-hydrogen) atoms. The van der Waals surface area contributed by atoms with Crippen molar-refractivity contribution in [3.05, 3.63) is 88.6 Å². The average Bonchev–Trinajstić information content (AvgIpc) is 3.22. The number of aliphatic hydroxyl groups is 1. The Kier molecular flexibility index (Phi) is 5.63. The van der Waals surface area contributed by atoms with Gasteiger partial charge in [-0.3, -0.25) is 4.90 Å². The molecule has 1 aromatic heterocycles. The van der Waals surface area contributed by atoms with Crippen LogP contribution in [0.25, 0.3) is 10.9 Å². The first kappa shape index (κ1) is 22.0. The molecule has 4 aromatic rings. The van der Waals surface area contributed by atoms with E-state index in [1.807, 2.05) is 28.8 Å². The van der Waals surface area contributed by atoms with E-state index in [2.05, 4.69) is 41.3 Å². The summed E-state index contributed by atoms with van der Waals surface area (Å²) in [6.45, 7) is 2.27. The quantitative estimate of drug-likeness (QED) is 0.437. The molecule has 1 N–H and O–H groups in total. The molecule has 2 aliphatic rings. The number of aromatic nitrogens is 1. The van der Waals surface area contributed by atoms with Crippen LogP contribution in [0.2, 0.25) is 0 Å². The van der Waals surface area contributed by atoms with Crippen molar-refractivity contribution in [2.75, 3.05) is 20.8 Å². The maximum Gasteiger partial charge on any atom is 0.161 e. The van der Waals surface area contributed by atoms with E-state index in [-0.39, 0.29) is 12.8 Å². The molecule has 1 atom stereocenters. The SMILES string of the molecule is COc1ccc2c(c1)c1c(n2CO)CN2CCc3cc(OCc4ccccc4)c(OC)cc3[C@H]2C1. The Balaban J connectivity index is 1.36. The second kappa shape index (κ2) is 8.95. The first-order chi connectivity index (χ1) is 17.2. The van der Waals surface area contributed by atoms with Crippen LogP contribution in [-0.2, 0) is 32.7 Å². The smallest absolute Gasteiger partial charge is 0.161 e. The summed E-state index contributed by atoms with van der Waals surface area (Å²) in [6, 6.07) is 20.9. The van der Waals surface area contributed by atoms with Crippen molar-refractivity contribution >= 4 is 10.9 Å². The van der Waals surface area contributed by atoms with Crippen LogP contribution in [0.3, 0.4) is 0 Å². The van der Waals surface area contributed by atoms with Crippen LogP contribution in [0.4, 0.5) is 0 Å². The van der Waals surface area contributed by atoms with Gasteiger partial charge >= 0.3 is 0 Å². The molecule has 2 aliphatic heterocycles. The molecule has 0 radical (unpaired) electrons. The van der Waals surface area contributed by atoms with Crippen LogP contribution in [-0.4, -0.2) is 35.3 Å².